The third-order valence-corrected chi connectivity index (χ3v) is 3.66. The molecule has 0 bridgehead atoms. The van der Waals surface area contributed by atoms with Crippen molar-refractivity contribution in [3.8, 4) is 5.82 Å². The van der Waals surface area contributed by atoms with E-state index in [1.54, 1.807) is 6.07 Å². The van der Waals surface area contributed by atoms with Crippen LogP contribution < -0.4 is 5.32 Å². The first-order valence-corrected chi connectivity index (χ1v) is 7.58. The normalized spacial score (nSPS) is 11.7. The van der Waals surface area contributed by atoms with Gasteiger partial charge in [0.15, 0.2) is 5.82 Å². The first kappa shape index (κ1) is 16.4. The monoisotopic (exact) mass is 396 g/mol. The largest absolute Gasteiger partial charge is 0.311 e. The van der Waals surface area contributed by atoms with E-state index in [0.717, 1.165) is 6.92 Å². The van der Waals surface area contributed by atoms with Crippen LogP contribution in [-0.2, 0) is 10.7 Å². The third kappa shape index (κ3) is 3.09. The smallest absolute Gasteiger partial charge is 0.303 e. The van der Waals surface area contributed by atoms with Crippen LogP contribution in [0.5, 0.6) is 0 Å². The van der Waals surface area contributed by atoms with Gasteiger partial charge >= 0.3 is 5.92 Å². The van der Waals surface area contributed by atoms with Gasteiger partial charge in [0, 0.05) is 38.4 Å². The fourth-order valence-electron chi connectivity index (χ4n) is 2.08. The summed E-state index contributed by atoms with van der Waals surface area (Å²) in [4.78, 5) is 22.8. The molecule has 0 aliphatic heterocycles. The van der Waals surface area contributed by atoms with Gasteiger partial charge in [-0.3, -0.25) is 4.79 Å². The topological polar surface area (TPSA) is 85.6 Å². The van der Waals surface area contributed by atoms with Gasteiger partial charge in [-0.05, 0) is 15.9 Å². The molecule has 0 saturated heterocycles. The third-order valence-electron chi connectivity index (χ3n) is 3.07. The molecular formula is C14H11BrF2N6O. The number of nitrogens with zero attached hydrogens (tertiary/aromatic N) is 5. The summed E-state index contributed by atoms with van der Waals surface area (Å²) in [5, 5.41) is 7.46. The molecule has 3 aromatic rings. The Morgan fingerprint density at radius 2 is 2.12 bits per heavy atom. The molecule has 24 heavy (non-hydrogen) atoms. The minimum Gasteiger partial charge on any atom is -0.311 e. The van der Waals surface area contributed by atoms with Gasteiger partial charge in [0.1, 0.15) is 10.4 Å². The zero-order valence-electron chi connectivity index (χ0n) is 12.6. The van der Waals surface area contributed by atoms with Crippen molar-refractivity contribution < 1.29 is 13.6 Å². The number of carbonyl (C=O) groups is 1. The number of halogens is 3. The van der Waals surface area contributed by atoms with Crippen LogP contribution in [0, 0.1) is 0 Å². The predicted molar refractivity (Wildman–Crippen MR) is 86.0 cm³/mol. The van der Waals surface area contributed by atoms with Crippen LogP contribution in [0.3, 0.4) is 0 Å². The summed E-state index contributed by atoms with van der Waals surface area (Å²) < 4.78 is 28.8. The van der Waals surface area contributed by atoms with Crippen molar-refractivity contribution in [1.29, 1.82) is 0 Å². The Morgan fingerprint density at radius 1 is 1.38 bits per heavy atom. The van der Waals surface area contributed by atoms with E-state index in [9.17, 15) is 13.6 Å². The van der Waals surface area contributed by atoms with E-state index in [2.05, 4.69) is 41.3 Å². The average molecular weight is 397 g/mol. The highest BCUT2D eigenvalue weighted by molar-refractivity contribution is 9.10. The van der Waals surface area contributed by atoms with Crippen LogP contribution in [0.4, 0.5) is 14.6 Å². The number of hydrogen-bond donors (Lipinski definition) is 1. The number of alkyl halides is 2. The van der Waals surface area contributed by atoms with Crippen LogP contribution in [0.25, 0.3) is 16.7 Å². The number of aromatic nitrogens is 5. The van der Waals surface area contributed by atoms with Gasteiger partial charge in [0.05, 0.1) is 10.9 Å². The van der Waals surface area contributed by atoms with Gasteiger partial charge in [0.2, 0.25) is 11.7 Å². The summed E-state index contributed by atoms with van der Waals surface area (Å²) in [7, 11) is 0. The van der Waals surface area contributed by atoms with Crippen molar-refractivity contribution in [1.82, 2.24) is 24.7 Å². The molecule has 0 saturated carbocycles. The van der Waals surface area contributed by atoms with Crippen molar-refractivity contribution in [3.05, 3.63) is 35.0 Å². The quantitative estimate of drug-likeness (QED) is 0.735. The number of fused-ring (bicyclic) bond motifs is 1. The molecule has 7 nitrogen and oxygen atoms in total. The summed E-state index contributed by atoms with van der Waals surface area (Å²) in [6.45, 7) is 2.08. The molecule has 0 unspecified atom stereocenters. The van der Waals surface area contributed by atoms with E-state index in [1.165, 1.54) is 30.1 Å². The van der Waals surface area contributed by atoms with Crippen molar-refractivity contribution in [2.75, 3.05) is 5.32 Å². The van der Waals surface area contributed by atoms with Gasteiger partial charge in [-0.1, -0.05) is 0 Å². The Labute approximate surface area is 143 Å². The Hall–Kier alpha value is -2.49. The molecule has 1 amide bonds. The molecule has 0 atom stereocenters. The van der Waals surface area contributed by atoms with Crippen LogP contribution in [0.1, 0.15) is 19.7 Å². The standard InChI is InChI=1S/C14H11BrF2N6O/c1-7(24)20-10-5-9-8(6-19-10)12(15)22-23(9)11-3-4-18-13(21-11)14(2,16)17/h3-6H,1-2H3,(H,19,20,24). The van der Waals surface area contributed by atoms with Gasteiger partial charge in [0.25, 0.3) is 0 Å². The summed E-state index contributed by atoms with van der Waals surface area (Å²) in [6, 6.07) is 3.05. The van der Waals surface area contributed by atoms with Gasteiger partial charge in [-0.15, -0.1) is 0 Å². The van der Waals surface area contributed by atoms with E-state index in [1.807, 2.05) is 0 Å². The minimum absolute atomic E-state index is 0.178. The van der Waals surface area contributed by atoms with Crippen molar-refractivity contribution >= 4 is 38.6 Å². The molecule has 0 fully saturated rings. The average Bonchev–Trinajstić information content (AvgIpc) is 2.83. The van der Waals surface area contributed by atoms with Gasteiger partial charge in [-0.25, -0.2) is 19.6 Å². The SMILES string of the molecule is CC(=O)Nc1cc2c(cn1)c(Br)nn2-c1ccnc(C(C)(F)F)n1. The molecule has 0 aliphatic carbocycles. The number of hydrogen-bond acceptors (Lipinski definition) is 5. The molecule has 124 valence electrons. The number of amides is 1. The van der Waals surface area contributed by atoms with E-state index >= 15 is 0 Å². The lowest BCUT2D eigenvalue weighted by atomic mass is 10.3. The lowest BCUT2D eigenvalue weighted by Gasteiger charge is -2.10. The fraction of sp³-hybridized carbons (Fsp3) is 0.214. The Bertz CT molecular complexity index is 937. The van der Waals surface area contributed by atoms with Crippen LogP contribution in [-0.4, -0.2) is 30.6 Å². The maximum absolute atomic E-state index is 13.5. The summed E-state index contributed by atoms with van der Waals surface area (Å²) in [5.74, 6) is -3.55. The molecule has 0 spiro atoms. The van der Waals surface area contributed by atoms with Gasteiger partial charge in [-0.2, -0.15) is 13.9 Å². The van der Waals surface area contributed by atoms with Crippen molar-refractivity contribution in [2.45, 2.75) is 19.8 Å². The van der Waals surface area contributed by atoms with E-state index < -0.39 is 11.7 Å². The minimum atomic E-state index is -3.17. The number of anilines is 1. The zero-order valence-corrected chi connectivity index (χ0v) is 14.2. The number of rotatable bonds is 3. The molecule has 10 heteroatoms. The zero-order chi connectivity index (χ0) is 17.5. The molecular weight excluding hydrogens is 386 g/mol. The lowest BCUT2D eigenvalue weighted by Crippen LogP contribution is -2.14. The summed E-state index contributed by atoms with van der Waals surface area (Å²) in [5.41, 5.74) is 0.546. The van der Waals surface area contributed by atoms with Crippen molar-refractivity contribution in [3.63, 3.8) is 0 Å². The first-order chi connectivity index (χ1) is 11.3. The molecule has 3 heterocycles. The molecule has 0 radical (unpaired) electrons. The summed E-state index contributed by atoms with van der Waals surface area (Å²) in [6.07, 6.45) is 2.76. The van der Waals surface area contributed by atoms with Gasteiger partial charge < -0.3 is 5.32 Å². The highest BCUT2D eigenvalue weighted by Gasteiger charge is 2.28. The fourth-order valence-corrected chi connectivity index (χ4v) is 2.54. The van der Waals surface area contributed by atoms with Crippen molar-refractivity contribution in [2.24, 2.45) is 0 Å². The van der Waals surface area contributed by atoms with Crippen LogP contribution >= 0.6 is 15.9 Å². The summed E-state index contributed by atoms with van der Waals surface area (Å²) >= 11 is 3.30. The number of nitrogens with one attached hydrogen (secondary N) is 1. The maximum atomic E-state index is 13.5. The Morgan fingerprint density at radius 3 is 2.79 bits per heavy atom. The molecule has 0 aromatic carbocycles. The van der Waals surface area contributed by atoms with E-state index in [0.29, 0.717) is 21.3 Å². The molecule has 1 N–H and O–H groups in total. The second-order valence-corrected chi connectivity index (χ2v) is 5.85. The Balaban J connectivity index is 2.17. The Kier molecular flexibility index (Phi) is 3.99. The molecule has 3 aromatic heterocycles. The number of pyridine rings is 1. The first-order valence-electron chi connectivity index (χ1n) is 6.79. The van der Waals surface area contributed by atoms with E-state index in [4.69, 9.17) is 0 Å². The highest BCUT2D eigenvalue weighted by Crippen LogP contribution is 2.28. The second kappa shape index (κ2) is 5.86. The van der Waals surface area contributed by atoms with E-state index in [-0.39, 0.29) is 11.7 Å². The maximum Gasteiger partial charge on any atom is 0.303 e. The second-order valence-electron chi connectivity index (χ2n) is 5.10. The molecule has 0 aliphatic rings. The predicted octanol–water partition coefficient (Wildman–Crippen LogP) is 3.04. The lowest BCUT2D eigenvalue weighted by molar-refractivity contribution is -0.114. The van der Waals surface area contributed by atoms with Crippen LogP contribution in [0.2, 0.25) is 0 Å². The highest BCUT2D eigenvalue weighted by atomic mass is 79.9. The van der Waals surface area contributed by atoms with Crippen LogP contribution in [0.15, 0.2) is 29.1 Å². The number of carbonyl (C=O) groups excluding carboxylic acids is 1. The molecule has 3 rings (SSSR count).